The number of aromatic carboxylic acids is 1. The number of hydrogen-bond acceptors (Lipinski definition) is 5. The van der Waals surface area contributed by atoms with Crippen molar-refractivity contribution in [2.45, 2.75) is 5.75 Å². The number of carboxylic acids is 1. The lowest BCUT2D eigenvalue weighted by atomic mass is 10.2. The molecule has 0 saturated heterocycles. The van der Waals surface area contributed by atoms with Gasteiger partial charge in [-0.3, -0.25) is 5.32 Å². The maximum atomic E-state index is 11.6. The molecule has 7 heteroatoms. The van der Waals surface area contributed by atoms with Crippen molar-refractivity contribution in [2.24, 2.45) is 0 Å². The summed E-state index contributed by atoms with van der Waals surface area (Å²) in [6.45, 7) is 0.253. The van der Waals surface area contributed by atoms with E-state index in [0.29, 0.717) is 5.75 Å². The Hall–Kier alpha value is -2.67. The van der Waals surface area contributed by atoms with Crippen LogP contribution in [0.4, 0.5) is 10.5 Å². The van der Waals surface area contributed by atoms with Gasteiger partial charge in [-0.1, -0.05) is 30.3 Å². The molecule has 24 heavy (non-hydrogen) atoms. The minimum atomic E-state index is -1.24. The fourth-order valence-corrected chi connectivity index (χ4v) is 2.68. The van der Waals surface area contributed by atoms with E-state index >= 15 is 0 Å². The molecule has 0 aliphatic rings. The summed E-state index contributed by atoms with van der Waals surface area (Å²) in [6, 6.07) is 13.7. The molecule has 6 nitrogen and oxygen atoms in total. The number of phenols is 1. The van der Waals surface area contributed by atoms with E-state index in [1.807, 2.05) is 30.3 Å². The van der Waals surface area contributed by atoms with E-state index in [4.69, 9.17) is 9.84 Å². The fraction of sp³-hybridized carbons (Fsp3) is 0.176. The number of thioether (sulfide) groups is 1. The van der Waals surface area contributed by atoms with Crippen LogP contribution in [0.1, 0.15) is 15.9 Å². The summed E-state index contributed by atoms with van der Waals surface area (Å²) in [5, 5.41) is 20.8. The van der Waals surface area contributed by atoms with Gasteiger partial charge >= 0.3 is 12.1 Å². The van der Waals surface area contributed by atoms with Gasteiger partial charge in [-0.25, -0.2) is 9.59 Å². The zero-order valence-corrected chi connectivity index (χ0v) is 13.6. The largest absolute Gasteiger partial charge is 0.507 e. The Morgan fingerprint density at radius 2 is 1.88 bits per heavy atom. The summed E-state index contributed by atoms with van der Waals surface area (Å²) >= 11 is 1.65. The topological polar surface area (TPSA) is 95.9 Å². The number of hydrogen-bond donors (Lipinski definition) is 3. The number of aromatic hydroxyl groups is 1. The van der Waals surface area contributed by atoms with E-state index in [2.05, 4.69) is 5.32 Å². The normalized spacial score (nSPS) is 10.2. The minimum absolute atomic E-state index is 0.230. The van der Waals surface area contributed by atoms with E-state index in [1.165, 1.54) is 17.7 Å². The van der Waals surface area contributed by atoms with E-state index in [-0.39, 0.29) is 17.9 Å². The summed E-state index contributed by atoms with van der Waals surface area (Å²) in [5.41, 5.74) is 1.24. The van der Waals surface area contributed by atoms with Gasteiger partial charge in [-0.15, -0.1) is 0 Å². The molecule has 3 N–H and O–H groups in total. The van der Waals surface area contributed by atoms with Crippen molar-refractivity contribution in [3.63, 3.8) is 0 Å². The molecule has 0 saturated carbocycles. The van der Waals surface area contributed by atoms with Crippen LogP contribution < -0.4 is 5.32 Å². The Morgan fingerprint density at radius 3 is 2.54 bits per heavy atom. The highest BCUT2D eigenvalue weighted by Crippen LogP contribution is 2.22. The first-order valence-electron chi connectivity index (χ1n) is 7.18. The Kier molecular flexibility index (Phi) is 6.51. The maximum absolute atomic E-state index is 11.6. The molecular formula is C17H17NO5S. The summed E-state index contributed by atoms with van der Waals surface area (Å²) in [6.07, 6.45) is -0.655. The standard InChI is InChI=1S/C17H17NO5S/c19-15-10-13(6-7-14(15)16(20)21)18-17(22)23-8-9-24-11-12-4-2-1-3-5-12/h1-7,10,19H,8-9,11H2,(H,18,22)(H,20,21). The van der Waals surface area contributed by atoms with E-state index < -0.39 is 17.8 Å². The third-order valence-electron chi connectivity index (χ3n) is 3.05. The number of amides is 1. The van der Waals surface area contributed by atoms with Crippen LogP contribution in [0.25, 0.3) is 0 Å². The highest BCUT2D eigenvalue weighted by Gasteiger charge is 2.11. The van der Waals surface area contributed by atoms with Crippen LogP contribution in [-0.2, 0) is 10.5 Å². The number of ether oxygens (including phenoxy) is 1. The maximum Gasteiger partial charge on any atom is 0.411 e. The highest BCUT2D eigenvalue weighted by atomic mass is 32.2. The summed E-state index contributed by atoms with van der Waals surface area (Å²) in [7, 11) is 0. The first-order chi connectivity index (χ1) is 11.6. The second kappa shape index (κ2) is 8.83. The van der Waals surface area contributed by atoms with Crippen molar-refractivity contribution in [1.29, 1.82) is 0 Å². The van der Waals surface area contributed by atoms with Crippen molar-refractivity contribution < 1.29 is 24.5 Å². The zero-order valence-electron chi connectivity index (χ0n) is 12.8. The molecule has 0 aliphatic carbocycles. The Morgan fingerprint density at radius 1 is 1.12 bits per heavy atom. The first-order valence-corrected chi connectivity index (χ1v) is 8.33. The Bertz CT molecular complexity index is 705. The van der Waals surface area contributed by atoms with E-state index in [9.17, 15) is 14.7 Å². The molecule has 0 aliphatic heterocycles. The molecule has 0 bridgehead atoms. The van der Waals surface area contributed by atoms with Crippen LogP contribution >= 0.6 is 11.8 Å². The Labute approximate surface area is 143 Å². The van der Waals surface area contributed by atoms with Gasteiger partial charge in [0.25, 0.3) is 0 Å². The molecule has 0 radical (unpaired) electrons. The average molecular weight is 347 g/mol. The first kappa shape index (κ1) is 17.7. The van der Waals surface area contributed by atoms with Gasteiger partial charge in [0.1, 0.15) is 17.9 Å². The quantitative estimate of drug-likeness (QED) is 0.663. The summed E-state index contributed by atoms with van der Waals surface area (Å²) in [5.74, 6) is -0.155. The van der Waals surface area contributed by atoms with Gasteiger partial charge < -0.3 is 14.9 Å². The van der Waals surface area contributed by atoms with Crippen LogP contribution in [0, 0.1) is 0 Å². The van der Waals surface area contributed by atoms with E-state index in [1.54, 1.807) is 11.8 Å². The molecule has 2 aromatic rings. The second-order valence-electron chi connectivity index (χ2n) is 4.84. The second-order valence-corrected chi connectivity index (χ2v) is 5.94. The van der Waals surface area contributed by atoms with Crippen molar-refractivity contribution in [2.75, 3.05) is 17.7 Å². The van der Waals surface area contributed by atoms with Crippen LogP contribution in [0.5, 0.6) is 5.75 Å². The monoisotopic (exact) mass is 347 g/mol. The van der Waals surface area contributed by atoms with Crippen LogP contribution in [0.3, 0.4) is 0 Å². The molecule has 0 aromatic heterocycles. The fourth-order valence-electron chi connectivity index (χ4n) is 1.90. The molecule has 0 unspecified atom stereocenters. The van der Waals surface area contributed by atoms with Gasteiger partial charge in [-0.05, 0) is 17.7 Å². The summed E-state index contributed by atoms with van der Waals surface area (Å²) < 4.78 is 5.03. The predicted molar refractivity (Wildman–Crippen MR) is 92.6 cm³/mol. The Balaban J connectivity index is 1.70. The molecule has 1 amide bonds. The van der Waals surface area contributed by atoms with Gasteiger partial charge in [0, 0.05) is 23.3 Å². The molecule has 0 atom stereocenters. The number of carboxylic acid groups (broad SMARTS) is 1. The van der Waals surface area contributed by atoms with Gasteiger partial charge in [0.15, 0.2) is 0 Å². The van der Waals surface area contributed by atoms with Gasteiger partial charge in [-0.2, -0.15) is 11.8 Å². The van der Waals surface area contributed by atoms with Crippen molar-refractivity contribution >= 4 is 29.5 Å². The third-order valence-corrected chi connectivity index (χ3v) is 4.04. The minimum Gasteiger partial charge on any atom is -0.507 e. The third kappa shape index (κ3) is 5.51. The lowest BCUT2D eigenvalue weighted by molar-refractivity contribution is 0.0693. The smallest absolute Gasteiger partial charge is 0.411 e. The molecule has 126 valence electrons. The van der Waals surface area contributed by atoms with Crippen LogP contribution in [0.2, 0.25) is 0 Å². The molecule has 2 rings (SSSR count). The molecule has 0 heterocycles. The lowest BCUT2D eigenvalue weighted by Gasteiger charge is -2.08. The summed E-state index contributed by atoms with van der Waals surface area (Å²) in [4.78, 5) is 22.4. The number of anilines is 1. The van der Waals surface area contributed by atoms with Crippen molar-refractivity contribution in [3.05, 3.63) is 59.7 Å². The van der Waals surface area contributed by atoms with Crippen LogP contribution in [-0.4, -0.2) is 34.6 Å². The van der Waals surface area contributed by atoms with Crippen molar-refractivity contribution in [3.8, 4) is 5.75 Å². The molecule has 0 spiro atoms. The molecular weight excluding hydrogens is 330 g/mol. The zero-order chi connectivity index (χ0) is 17.4. The van der Waals surface area contributed by atoms with Gasteiger partial charge in [0.2, 0.25) is 0 Å². The number of carbonyl (C=O) groups excluding carboxylic acids is 1. The lowest BCUT2D eigenvalue weighted by Crippen LogP contribution is -2.15. The van der Waals surface area contributed by atoms with Crippen LogP contribution in [0.15, 0.2) is 48.5 Å². The predicted octanol–water partition coefficient (Wildman–Crippen LogP) is 3.57. The number of rotatable bonds is 7. The number of nitrogens with one attached hydrogen (secondary N) is 1. The highest BCUT2D eigenvalue weighted by molar-refractivity contribution is 7.98. The molecule has 2 aromatic carbocycles. The SMILES string of the molecule is O=C(Nc1ccc(C(=O)O)c(O)c1)OCCSCc1ccccc1. The number of benzene rings is 2. The van der Waals surface area contributed by atoms with E-state index in [0.717, 1.165) is 11.8 Å². The average Bonchev–Trinajstić information content (AvgIpc) is 2.55. The van der Waals surface area contributed by atoms with Gasteiger partial charge in [0.05, 0.1) is 0 Å². The van der Waals surface area contributed by atoms with Crippen molar-refractivity contribution in [1.82, 2.24) is 0 Å². The molecule has 0 fully saturated rings. The number of carbonyl (C=O) groups is 2.